The number of hydrogen-bond donors (Lipinski definition) is 1. The van der Waals surface area contributed by atoms with Crippen LogP contribution in [0, 0.1) is 0 Å². The summed E-state index contributed by atoms with van der Waals surface area (Å²) in [5.41, 5.74) is 0.0285. The zero-order valence-corrected chi connectivity index (χ0v) is 10.8. The van der Waals surface area contributed by atoms with Crippen molar-refractivity contribution in [3.8, 4) is 0 Å². The van der Waals surface area contributed by atoms with Crippen molar-refractivity contribution in [3.63, 3.8) is 0 Å². The van der Waals surface area contributed by atoms with Crippen molar-refractivity contribution in [2.24, 2.45) is 5.10 Å². The highest BCUT2D eigenvalue weighted by Gasteiger charge is 2.30. The first-order valence-electron chi connectivity index (χ1n) is 5.39. The molecule has 1 heterocycles. The van der Waals surface area contributed by atoms with Crippen molar-refractivity contribution in [1.29, 1.82) is 0 Å². The van der Waals surface area contributed by atoms with E-state index in [2.05, 4.69) is 5.10 Å². The second-order valence-corrected chi connectivity index (χ2v) is 5.55. The number of carbonyl (C=O) groups is 2. The normalized spacial score (nSPS) is 15.5. The fourth-order valence-corrected chi connectivity index (χ4v) is 2.45. The molecule has 0 saturated heterocycles. The molecule has 1 aromatic carbocycles. The van der Waals surface area contributed by atoms with Crippen LogP contribution in [0.2, 0.25) is 0 Å². The first-order chi connectivity index (χ1) is 8.90. The molecule has 7 nitrogen and oxygen atoms in total. The third kappa shape index (κ3) is 2.85. The van der Waals surface area contributed by atoms with Gasteiger partial charge in [0.15, 0.2) is 5.78 Å². The SMILES string of the molecule is CC(=O)C1=NN(NS(=O)(=O)c2ccccc2)C(=O)C1. The van der Waals surface area contributed by atoms with Gasteiger partial charge in [0.25, 0.3) is 15.9 Å². The van der Waals surface area contributed by atoms with Crippen LogP contribution < -0.4 is 4.83 Å². The molecule has 8 heteroatoms. The Labute approximate surface area is 109 Å². The summed E-state index contributed by atoms with van der Waals surface area (Å²) in [4.78, 5) is 24.6. The predicted octanol–water partition coefficient (Wildman–Crippen LogP) is 0.0572. The van der Waals surface area contributed by atoms with Gasteiger partial charge in [0, 0.05) is 6.92 Å². The highest BCUT2D eigenvalue weighted by molar-refractivity contribution is 7.89. The average molecular weight is 281 g/mol. The van der Waals surface area contributed by atoms with Crippen LogP contribution in [0.15, 0.2) is 40.3 Å². The molecule has 0 aliphatic carbocycles. The molecule has 2 rings (SSSR count). The summed E-state index contributed by atoms with van der Waals surface area (Å²) in [5, 5.41) is 4.22. The molecule has 1 aromatic rings. The number of benzene rings is 1. The van der Waals surface area contributed by atoms with Gasteiger partial charge >= 0.3 is 0 Å². The maximum atomic E-state index is 12.0. The lowest BCUT2D eigenvalue weighted by molar-refractivity contribution is -0.130. The molecule has 1 amide bonds. The maximum absolute atomic E-state index is 12.0. The molecule has 1 N–H and O–H groups in total. The third-order valence-corrected chi connectivity index (χ3v) is 3.75. The van der Waals surface area contributed by atoms with Crippen molar-refractivity contribution in [2.75, 3.05) is 0 Å². The number of rotatable bonds is 4. The van der Waals surface area contributed by atoms with E-state index >= 15 is 0 Å². The van der Waals surface area contributed by atoms with Crippen molar-refractivity contribution in [1.82, 2.24) is 9.95 Å². The summed E-state index contributed by atoms with van der Waals surface area (Å²) in [6.07, 6.45) is -0.202. The fraction of sp³-hybridized carbons (Fsp3) is 0.182. The van der Waals surface area contributed by atoms with Crippen LogP contribution >= 0.6 is 0 Å². The van der Waals surface area contributed by atoms with Crippen molar-refractivity contribution >= 4 is 27.4 Å². The van der Waals surface area contributed by atoms with Gasteiger partial charge in [0.05, 0.1) is 11.3 Å². The van der Waals surface area contributed by atoms with Gasteiger partial charge in [0.2, 0.25) is 0 Å². The largest absolute Gasteiger partial charge is 0.293 e. The number of ketones is 1. The Morgan fingerprint density at radius 1 is 1.32 bits per heavy atom. The van der Waals surface area contributed by atoms with Crippen LogP contribution in [-0.2, 0) is 19.6 Å². The smallest absolute Gasteiger partial charge is 0.264 e. The predicted molar refractivity (Wildman–Crippen MR) is 66.3 cm³/mol. The quantitative estimate of drug-likeness (QED) is 0.843. The summed E-state index contributed by atoms with van der Waals surface area (Å²) in [5.74, 6) is -0.959. The number of carbonyl (C=O) groups excluding carboxylic acids is 2. The number of sulfonamides is 1. The number of hydrazone groups is 1. The van der Waals surface area contributed by atoms with Crippen molar-refractivity contribution in [3.05, 3.63) is 30.3 Å². The van der Waals surface area contributed by atoms with E-state index in [-0.39, 0.29) is 22.8 Å². The number of nitrogens with zero attached hydrogens (tertiary/aromatic N) is 2. The number of Topliss-reactive ketones (excluding diaryl/α,β-unsaturated/α-hetero) is 1. The van der Waals surface area contributed by atoms with Crippen molar-refractivity contribution < 1.29 is 18.0 Å². The maximum Gasteiger partial charge on any atom is 0.264 e. The zero-order chi connectivity index (χ0) is 14.0. The number of nitrogens with one attached hydrogen (secondary N) is 1. The van der Waals surface area contributed by atoms with Gasteiger partial charge in [-0.15, -0.1) is 5.12 Å². The van der Waals surface area contributed by atoms with E-state index in [1.807, 2.05) is 4.83 Å². The summed E-state index contributed by atoms with van der Waals surface area (Å²) in [7, 11) is -3.89. The molecule has 1 aliphatic heterocycles. The van der Waals surface area contributed by atoms with Gasteiger partial charge < -0.3 is 0 Å². The topological polar surface area (TPSA) is 95.9 Å². The van der Waals surface area contributed by atoms with Crippen LogP contribution in [0.1, 0.15) is 13.3 Å². The first kappa shape index (κ1) is 13.4. The Morgan fingerprint density at radius 3 is 2.47 bits per heavy atom. The molecule has 0 saturated carbocycles. The molecule has 0 atom stereocenters. The van der Waals surface area contributed by atoms with E-state index in [1.165, 1.54) is 19.1 Å². The van der Waals surface area contributed by atoms with E-state index in [0.29, 0.717) is 5.12 Å². The lowest BCUT2D eigenvalue weighted by Crippen LogP contribution is -2.40. The molecule has 0 unspecified atom stereocenters. The highest BCUT2D eigenvalue weighted by Crippen LogP contribution is 2.12. The van der Waals surface area contributed by atoms with Crippen LogP contribution in [0.5, 0.6) is 0 Å². The standard InChI is InChI=1S/C11H11N3O4S/c1-8(15)10-7-11(16)14(12-10)13-19(17,18)9-5-3-2-4-6-9/h2-6,13H,7H2,1H3. The van der Waals surface area contributed by atoms with Gasteiger partial charge in [0.1, 0.15) is 5.71 Å². The Bertz CT molecular complexity index is 652. The summed E-state index contributed by atoms with van der Waals surface area (Å²) < 4.78 is 23.9. The number of amides is 1. The number of hydrogen-bond acceptors (Lipinski definition) is 5. The minimum atomic E-state index is -3.89. The van der Waals surface area contributed by atoms with Crippen LogP contribution in [0.25, 0.3) is 0 Å². The molecule has 0 aromatic heterocycles. The Balaban J connectivity index is 2.23. The van der Waals surface area contributed by atoms with E-state index < -0.39 is 15.9 Å². The second kappa shape index (κ2) is 4.90. The monoisotopic (exact) mass is 281 g/mol. The lowest BCUT2D eigenvalue weighted by Gasteiger charge is -2.13. The van der Waals surface area contributed by atoms with Gasteiger partial charge in [-0.2, -0.15) is 5.10 Å². The van der Waals surface area contributed by atoms with E-state index in [0.717, 1.165) is 0 Å². The van der Waals surface area contributed by atoms with Crippen LogP contribution in [0.4, 0.5) is 0 Å². The second-order valence-electron chi connectivity index (χ2n) is 3.89. The summed E-state index contributed by atoms with van der Waals surface area (Å²) in [6, 6.07) is 7.57. The molecule has 0 radical (unpaired) electrons. The van der Waals surface area contributed by atoms with Gasteiger partial charge in [-0.3, -0.25) is 9.59 Å². The zero-order valence-electron chi connectivity index (χ0n) is 10.0. The molecule has 0 fully saturated rings. The van der Waals surface area contributed by atoms with E-state index in [9.17, 15) is 18.0 Å². The van der Waals surface area contributed by atoms with E-state index in [4.69, 9.17) is 0 Å². The van der Waals surface area contributed by atoms with Gasteiger partial charge in [-0.05, 0) is 12.1 Å². The average Bonchev–Trinajstić information content (AvgIpc) is 2.72. The third-order valence-electron chi connectivity index (χ3n) is 2.44. The molecular formula is C11H11N3O4S. The molecule has 0 spiro atoms. The summed E-state index contributed by atoms with van der Waals surface area (Å²) in [6.45, 7) is 1.27. The minimum Gasteiger partial charge on any atom is -0.293 e. The van der Waals surface area contributed by atoms with Crippen molar-refractivity contribution in [2.45, 2.75) is 18.2 Å². The first-order valence-corrected chi connectivity index (χ1v) is 6.87. The summed E-state index contributed by atoms with van der Waals surface area (Å²) >= 11 is 0. The van der Waals surface area contributed by atoms with Crippen LogP contribution in [-0.4, -0.2) is 30.9 Å². The molecule has 0 bridgehead atoms. The Hall–Kier alpha value is -2.06. The Morgan fingerprint density at radius 2 is 1.95 bits per heavy atom. The van der Waals surface area contributed by atoms with Gasteiger partial charge in [-0.25, -0.2) is 8.42 Å². The van der Waals surface area contributed by atoms with Crippen LogP contribution in [0.3, 0.4) is 0 Å². The highest BCUT2D eigenvalue weighted by atomic mass is 32.2. The molecule has 19 heavy (non-hydrogen) atoms. The Kier molecular flexibility index (Phi) is 3.45. The fourth-order valence-electron chi connectivity index (χ4n) is 1.46. The van der Waals surface area contributed by atoms with E-state index in [1.54, 1.807) is 18.2 Å². The van der Waals surface area contributed by atoms with Gasteiger partial charge in [-0.1, -0.05) is 23.0 Å². The minimum absolute atomic E-state index is 0.00859. The lowest BCUT2D eigenvalue weighted by atomic mass is 10.2. The molecule has 100 valence electrons. The molecule has 1 aliphatic rings. The number of hydrazine groups is 1. The molecular weight excluding hydrogens is 270 g/mol.